The second-order valence-corrected chi connectivity index (χ2v) is 6.87. The highest BCUT2D eigenvalue weighted by molar-refractivity contribution is 7.15. The molecule has 2 unspecified atom stereocenters. The SMILES string of the molecule is CC1CCCN(C(C)(N)Cc2ccc([N+](=O)[O-])s2)C1. The van der Waals surface area contributed by atoms with E-state index in [1.54, 1.807) is 6.07 Å². The van der Waals surface area contributed by atoms with E-state index < -0.39 is 5.66 Å². The number of hydrogen-bond donors (Lipinski definition) is 1. The molecule has 1 saturated heterocycles. The summed E-state index contributed by atoms with van der Waals surface area (Å²) >= 11 is 1.23. The van der Waals surface area contributed by atoms with Gasteiger partial charge in [0.05, 0.1) is 10.6 Å². The van der Waals surface area contributed by atoms with Crippen molar-refractivity contribution in [1.82, 2.24) is 4.90 Å². The van der Waals surface area contributed by atoms with Crippen LogP contribution in [0.15, 0.2) is 12.1 Å². The van der Waals surface area contributed by atoms with Crippen LogP contribution in [0.5, 0.6) is 0 Å². The van der Waals surface area contributed by atoms with Crippen molar-refractivity contribution in [2.24, 2.45) is 11.7 Å². The molecule has 0 aromatic carbocycles. The average Bonchev–Trinajstić information content (AvgIpc) is 2.77. The van der Waals surface area contributed by atoms with Crippen LogP contribution in [0.2, 0.25) is 0 Å². The average molecular weight is 283 g/mol. The van der Waals surface area contributed by atoms with E-state index in [9.17, 15) is 10.1 Å². The van der Waals surface area contributed by atoms with Crippen LogP contribution in [-0.2, 0) is 6.42 Å². The Morgan fingerprint density at radius 2 is 2.37 bits per heavy atom. The molecule has 0 saturated carbocycles. The predicted molar refractivity (Wildman–Crippen MR) is 77.2 cm³/mol. The maximum Gasteiger partial charge on any atom is 0.324 e. The number of nitrogens with two attached hydrogens (primary N) is 1. The lowest BCUT2D eigenvalue weighted by atomic mass is 9.95. The molecule has 1 fully saturated rings. The summed E-state index contributed by atoms with van der Waals surface area (Å²) in [5.74, 6) is 0.675. The third-order valence-electron chi connectivity index (χ3n) is 3.74. The molecule has 0 radical (unpaired) electrons. The van der Waals surface area contributed by atoms with Gasteiger partial charge in [0.15, 0.2) is 0 Å². The van der Waals surface area contributed by atoms with Crippen LogP contribution in [0.4, 0.5) is 5.00 Å². The highest BCUT2D eigenvalue weighted by atomic mass is 32.1. The molecule has 0 aliphatic carbocycles. The van der Waals surface area contributed by atoms with E-state index in [1.165, 1.54) is 24.2 Å². The molecule has 2 rings (SSSR count). The molecule has 2 N–H and O–H groups in total. The second-order valence-electron chi connectivity index (χ2n) is 5.72. The topological polar surface area (TPSA) is 72.4 Å². The lowest BCUT2D eigenvalue weighted by molar-refractivity contribution is -0.380. The maximum atomic E-state index is 10.7. The van der Waals surface area contributed by atoms with Gasteiger partial charge in [0.25, 0.3) is 0 Å². The Morgan fingerprint density at radius 1 is 1.63 bits per heavy atom. The predicted octanol–water partition coefficient (Wildman–Crippen LogP) is 2.61. The van der Waals surface area contributed by atoms with Crippen LogP contribution < -0.4 is 5.73 Å². The van der Waals surface area contributed by atoms with Crippen molar-refractivity contribution in [1.29, 1.82) is 0 Å². The smallest absolute Gasteiger partial charge is 0.313 e. The third kappa shape index (κ3) is 3.52. The van der Waals surface area contributed by atoms with Gasteiger partial charge in [-0.1, -0.05) is 18.3 Å². The fraction of sp³-hybridized carbons (Fsp3) is 0.692. The lowest BCUT2D eigenvalue weighted by Crippen LogP contribution is -2.58. The number of rotatable bonds is 4. The number of likely N-dealkylation sites (tertiary alicyclic amines) is 1. The van der Waals surface area contributed by atoms with Gasteiger partial charge in [-0.15, -0.1) is 0 Å². The van der Waals surface area contributed by atoms with Gasteiger partial charge in [-0.05, 0) is 38.3 Å². The van der Waals surface area contributed by atoms with E-state index in [0.717, 1.165) is 18.0 Å². The summed E-state index contributed by atoms with van der Waals surface area (Å²) in [6, 6.07) is 3.39. The van der Waals surface area contributed by atoms with Gasteiger partial charge in [-0.3, -0.25) is 15.0 Å². The van der Waals surface area contributed by atoms with Crippen LogP contribution in [0.25, 0.3) is 0 Å². The Hall–Kier alpha value is -0.980. The van der Waals surface area contributed by atoms with Crippen molar-refractivity contribution in [2.75, 3.05) is 13.1 Å². The monoisotopic (exact) mass is 283 g/mol. The van der Waals surface area contributed by atoms with Gasteiger partial charge in [-0.2, -0.15) is 0 Å². The number of thiophene rings is 1. The molecule has 106 valence electrons. The van der Waals surface area contributed by atoms with E-state index in [4.69, 9.17) is 5.73 Å². The molecule has 1 aromatic rings. The summed E-state index contributed by atoms with van der Waals surface area (Å²) in [4.78, 5) is 13.7. The quantitative estimate of drug-likeness (QED) is 0.681. The van der Waals surface area contributed by atoms with E-state index >= 15 is 0 Å². The molecular weight excluding hydrogens is 262 g/mol. The Morgan fingerprint density at radius 3 is 2.95 bits per heavy atom. The van der Waals surface area contributed by atoms with E-state index in [2.05, 4.69) is 11.8 Å². The molecule has 0 spiro atoms. The second kappa shape index (κ2) is 5.56. The number of hydrogen-bond acceptors (Lipinski definition) is 5. The summed E-state index contributed by atoms with van der Waals surface area (Å²) in [7, 11) is 0. The van der Waals surface area contributed by atoms with Gasteiger partial charge >= 0.3 is 5.00 Å². The third-order valence-corrected chi connectivity index (χ3v) is 4.78. The maximum absolute atomic E-state index is 10.7. The Labute approximate surface area is 117 Å². The number of piperidine rings is 1. The van der Waals surface area contributed by atoms with Gasteiger partial charge in [0.1, 0.15) is 0 Å². The molecule has 0 bridgehead atoms. The van der Waals surface area contributed by atoms with Crippen LogP contribution in [0, 0.1) is 16.0 Å². The molecule has 0 amide bonds. The molecule has 1 aliphatic rings. The van der Waals surface area contributed by atoms with Crippen LogP contribution in [0.3, 0.4) is 0 Å². The first kappa shape index (κ1) is 14.4. The first-order valence-electron chi connectivity index (χ1n) is 6.65. The zero-order valence-electron chi connectivity index (χ0n) is 11.5. The van der Waals surface area contributed by atoms with Crippen LogP contribution in [-0.4, -0.2) is 28.6 Å². The zero-order valence-corrected chi connectivity index (χ0v) is 12.3. The minimum absolute atomic E-state index is 0.192. The first-order chi connectivity index (χ1) is 8.88. The number of nitro groups is 1. The van der Waals surface area contributed by atoms with E-state index in [1.807, 2.05) is 13.0 Å². The molecule has 19 heavy (non-hydrogen) atoms. The van der Waals surface area contributed by atoms with Crippen molar-refractivity contribution in [3.63, 3.8) is 0 Å². The molecular formula is C13H21N3O2S. The summed E-state index contributed by atoms with van der Waals surface area (Å²) in [6.07, 6.45) is 3.10. The summed E-state index contributed by atoms with van der Waals surface area (Å²) in [5.41, 5.74) is 6.01. The fourth-order valence-electron chi connectivity index (χ4n) is 2.68. The van der Waals surface area contributed by atoms with Crippen molar-refractivity contribution >= 4 is 16.3 Å². The molecule has 2 heterocycles. The zero-order chi connectivity index (χ0) is 14.0. The van der Waals surface area contributed by atoms with Crippen molar-refractivity contribution < 1.29 is 4.92 Å². The minimum atomic E-state index is -0.423. The highest BCUT2D eigenvalue weighted by Crippen LogP contribution is 2.29. The van der Waals surface area contributed by atoms with Crippen molar-refractivity contribution in [3.8, 4) is 0 Å². The Balaban J connectivity index is 2.04. The fourth-order valence-corrected chi connectivity index (χ4v) is 3.66. The summed E-state index contributed by atoms with van der Waals surface area (Å²) in [6.45, 7) is 6.31. The number of nitrogens with zero attached hydrogens (tertiary/aromatic N) is 2. The van der Waals surface area contributed by atoms with Crippen molar-refractivity contribution in [3.05, 3.63) is 27.1 Å². The van der Waals surface area contributed by atoms with Crippen molar-refractivity contribution in [2.45, 2.75) is 38.8 Å². The molecule has 2 atom stereocenters. The summed E-state index contributed by atoms with van der Waals surface area (Å²) in [5, 5.41) is 10.9. The standard InChI is InChI=1S/C13H21N3O2S/c1-10-4-3-7-15(9-10)13(2,14)8-11-5-6-12(19-11)16(17)18/h5-6,10H,3-4,7-9,14H2,1-2H3. The normalized spacial score (nSPS) is 24.1. The van der Waals surface area contributed by atoms with Crippen LogP contribution >= 0.6 is 11.3 Å². The van der Waals surface area contributed by atoms with E-state index in [0.29, 0.717) is 12.3 Å². The van der Waals surface area contributed by atoms with Gasteiger partial charge in [-0.25, -0.2) is 0 Å². The molecule has 5 nitrogen and oxygen atoms in total. The minimum Gasteiger partial charge on any atom is -0.313 e. The lowest BCUT2D eigenvalue weighted by Gasteiger charge is -2.42. The Bertz CT molecular complexity index is 458. The largest absolute Gasteiger partial charge is 0.324 e. The molecule has 1 aliphatic heterocycles. The van der Waals surface area contributed by atoms with Gasteiger partial charge in [0, 0.05) is 23.9 Å². The first-order valence-corrected chi connectivity index (χ1v) is 7.47. The van der Waals surface area contributed by atoms with E-state index in [-0.39, 0.29) is 9.92 Å². The van der Waals surface area contributed by atoms with Gasteiger partial charge < -0.3 is 5.73 Å². The molecule has 6 heteroatoms. The Kier molecular flexibility index (Phi) is 4.23. The van der Waals surface area contributed by atoms with Gasteiger partial charge in [0.2, 0.25) is 0 Å². The van der Waals surface area contributed by atoms with Crippen LogP contribution in [0.1, 0.15) is 31.6 Å². The highest BCUT2D eigenvalue weighted by Gasteiger charge is 2.31. The summed E-state index contributed by atoms with van der Waals surface area (Å²) < 4.78 is 0. The molecule has 1 aromatic heterocycles.